The van der Waals surface area contributed by atoms with E-state index in [-0.39, 0.29) is 23.9 Å². The van der Waals surface area contributed by atoms with E-state index in [4.69, 9.17) is 9.47 Å². The van der Waals surface area contributed by atoms with Gasteiger partial charge in [-0.05, 0) is 35.9 Å². The van der Waals surface area contributed by atoms with Crippen LogP contribution in [0.15, 0.2) is 42.5 Å². The molecule has 2 aliphatic heterocycles. The number of methoxy groups -OCH3 is 1. The third kappa shape index (κ3) is 4.44. The minimum absolute atomic E-state index is 0.0246. The number of carbonyl (C=O) groups is 3. The zero-order chi connectivity index (χ0) is 22.7. The number of anilines is 1. The van der Waals surface area contributed by atoms with Crippen molar-refractivity contribution in [3.05, 3.63) is 59.2 Å². The van der Waals surface area contributed by atoms with Crippen molar-refractivity contribution in [2.45, 2.75) is 6.04 Å². The topological polar surface area (TPSA) is 100 Å². The summed E-state index contributed by atoms with van der Waals surface area (Å²) in [5.74, 6) is 0.0604. The molecule has 0 aliphatic carbocycles. The zero-order valence-corrected chi connectivity index (χ0v) is 18.1. The molecule has 4 amide bonds. The molecular formula is C23H26N4O5. The molecule has 4 rings (SSSR count). The highest BCUT2D eigenvalue weighted by atomic mass is 16.5. The first-order valence-corrected chi connectivity index (χ1v) is 10.4. The molecule has 0 saturated carbocycles. The van der Waals surface area contributed by atoms with Crippen LogP contribution in [0.5, 0.6) is 5.75 Å². The van der Waals surface area contributed by atoms with Gasteiger partial charge in [0.25, 0.3) is 11.8 Å². The Balaban J connectivity index is 1.43. The van der Waals surface area contributed by atoms with Crippen LogP contribution in [0.2, 0.25) is 0 Å². The molecule has 0 spiro atoms. The van der Waals surface area contributed by atoms with E-state index in [2.05, 4.69) is 15.5 Å². The number of carbonyl (C=O) groups excluding carboxylic acids is 3. The maximum Gasteiger partial charge on any atom is 0.319 e. The lowest BCUT2D eigenvalue weighted by Gasteiger charge is -2.35. The van der Waals surface area contributed by atoms with E-state index in [1.807, 2.05) is 24.3 Å². The summed E-state index contributed by atoms with van der Waals surface area (Å²) in [6.07, 6.45) is 0. The molecule has 2 aliphatic rings. The average molecular weight is 438 g/mol. The third-order valence-electron chi connectivity index (χ3n) is 5.79. The van der Waals surface area contributed by atoms with Crippen LogP contribution < -0.4 is 15.4 Å². The summed E-state index contributed by atoms with van der Waals surface area (Å²) in [5.41, 5.74) is 2.15. The van der Waals surface area contributed by atoms with Crippen molar-refractivity contribution in [1.82, 2.24) is 15.1 Å². The number of imide groups is 1. The van der Waals surface area contributed by atoms with E-state index in [0.29, 0.717) is 36.6 Å². The van der Waals surface area contributed by atoms with Crippen LogP contribution in [-0.4, -0.2) is 74.7 Å². The molecular weight excluding hydrogens is 412 g/mol. The number of urea groups is 1. The third-order valence-corrected chi connectivity index (χ3v) is 5.79. The van der Waals surface area contributed by atoms with Gasteiger partial charge in [0.2, 0.25) is 0 Å². The van der Waals surface area contributed by atoms with Gasteiger partial charge in [0, 0.05) is 32.4 Å². The molecule has 1 saturated heterocycles. The Morgan fingerprint density at radius 3 is 2.44 bits per heavy atom. The molecule has 0 bridgehead atoms. The van der Waals surface area contributed by atoms with E-state index in [1.165, 1.54) is 13.1 Å². The highest BCUT2D eigenvalue weighted by Gasteiger charge is 2.32. The summed E-state index contributed by atoms with van der Waals surface area (Å²) >= 11 is 0. The van der Waals surface area contributed by atoms with Crippen LogP contribution in [0, 0.1) is 0 Å². The molecule has 1 fully saturated rings. The second kappa shape index (κ2) is 9.37. The van der Waals surface area contributed by atoms with E-state index in [1.54, 1.807) is 19.2 Å². The molecule has 2 N–H and O–H groups in total. The Bertz CT molecular complexity index is 1020. The van der Waals surface area contributed by atoms with E-state index < -0.39 is 0 Å². The Kier molecular flexibility index (Phi) is 6.38. The molecule has 32 heavy (non-hydrogen) atoms. The van der Waals surface area contributed by atoms with E-state index >= 15 is 0 Å². The minimum Gasteiger partial charge on any atom is -0.497 e. The first-order valence-electron chi connectivity index (χ1n) is 10.4. The second-order valence-corrected chi connectivity index (χ2v) is 7.70. The standard InChI is InChI=1S/C23H26N4O5/c1-26-21(28)18-8-5-16(13-19(18)22(26)29)25-23(30)24-14-20(27-9-11-32-12-10-27)15-3-6-17(31-2)7-4-15/h3-8,13,20H,9-12,14H2,1-2H3,(H2,24,25,30)/t20-/m1/s1. The van der Waals surface area contributed by atoms with Gasteiger partial charge in [-0.3, -0.25) is 19.4 Å². The molecule has 2 heterocycles. The predicted octanol–water partition coefficient (Wildman–Crippen LogP) is 2.12. The number of hydrogen-bond acceptors (Lipinski definition) is 6. The first-order chi connectivity index (χ1) is 15.5. The number of benzene rings is 2. The highest BCUT2D eigenvalue weighted by Crippen LogP contribution is 2.26. The van der Waals surface area contributed by atoms with Crippen LogP contribution in [-0.2, 0) is 4.74 Å². The first kappa shape index (κ1) is 21.8. The van der Waals surface area contributed by atoms with Crippen LogP contribution in [0.3, 0.4) is 0 Å². The number of amides is 4. The second-order valence-electron chi connectivity index (χ2n) is 7.70. The van der Waals surface area contributed by atoms with Crippen molar-refractivity contribution in [2.24, 2.45) is 0 Å². The number of morpholine rings is 1. The number of ether oxygens (including phenoxy) is 2. The quantitative estimate of drug-likeness (QED) is 0.670. The summed E-state index contributed by atoms with van der Waals surface area (Å²) in [5, 5.41) is 5.68. The van der Waals surface area contributed by atoms with Crippen molar-refractivity contribution < 1.29 is 23.9 Å². The Labute approximate surface area is 186 Å². The highest BCUT2D eigenvalue weighted by molar-refractivity contribution is 6.21. The lowest BCUT2D eigenvalue weighted by Crippen LogP contribution is -2.44. The monoisotopic (exact) mass is 438 g/mol. The Morgan fingerprint density at radius 1 is 1.06 bits per heavy atom. The summed E-state index contributed by atoms with van der Waals surface area (Å²) in [6, 6.07) is 12.1. The van der Waals surface area contributed by atoms with Crippen LogP contribution >= 0.6 is 0 Å². The van der Waals surface area contributed by atoms with Gasteiger partial charge in [0.1, 0.15) is 5.75 Å². The van der Waals surface area contributed by atoms with Gasteiger partial charge >= 0.3 is 6.03 Å². The SMILES string of the molecule is COc1ccc([C@@H](CNC(=O)Nc2ccc3c(c2)C(=O)N(C)C3=O)N2CCOCC2)cc1. The maximum atomic E-state index is 12.6. The van der Waals surface area contributed by atoms with Gasteiger partial charge in [0.05, 0.1) is 37.5 Å². The largest absolute Gasteiger partial charge is 0.497 e. The molecule has 2 aromatic carbocycles. The molecule has 1 atom stereocenters. The molecule has 2 aromatic rings. The molecule has 9 heteroatoms. The smallest absolute Gasteiger partial charge is 0.319 e. The fraction of sp³-hybridized carbons (Fsp3) is 0.348. The molecule has 168 valence electrons. The zero-order valence-electron chi connectivity index (χ0n) is 18.1. The number of hydrogen-bond donors (Lipinski definition) is 2. The minimum atomic E-state index is -0.387. The van der Waals surface area contributed by atoms with Gasteiger partial charge in [-0.2, -0.15) is 0 Å². The van der Waals surface area contributed by atoms with Gasteiger partial charge in [-0.25, -0.2) is 4.79 Å². The van der Waals surface area contributed by atoms with E-state index in [9.17, 15) is 14.4 Å². The lowest BCUT2D eigenvalue weighted by atomic mass is 10.0. The van der Waals surface area contributed by atoms with Gasteiger partial charge in [0.15, 0.2) is 0 Å². The fourth-order valence-corrected chi connectivity index (χ4v) is 3.98. The van der Waals surface area contributed by atoms with Crippen molar-refractivity contribution >= 4 is 23.5 Å². The summed E-state index contributed by atoms with van der Waals surface area (Å²) in [6.45, 7) is 3.23. The molecule has 9 nitrogen and oxygen atoms in total. The molecule has 0 radical (unpaired) electrons. The van der Waals surface area contributed by atoms with Gasteiger partial charge in [-0.1, -0.05) is 12.1 Å². The summed E-state index contributed by atoms with van der Waals surface area (Å²) in [4.78, 5) is 40.2. The van der Waals surface area contributed by atoms with Gasteiger partial charge < -0.3 is 20.1 Å². The molecule has 0 aromatic heterocycles. The Morgan fingerprint density at radius 2 is 1.75 bits per heavy atom. The van der Waals surface area contributed by atoms with Crippen LogP contribution in [0.25, 0.3) is 0 Å². The van der Waals surface area contributed by atoms with Crippen molar-refractivity contribution in [3.63, 3.8) is 0 Å². The maximum absolute atomic E-state index is 12.6. The van der Waals surface area contributed by atoms with Gasteiger partial charge in [-0.15, -0.1) is 0 Å². The number of nitrogens with zero attached hydrogens (tertiary/aromatic N) is 2. The summed E-state index contributed by atoms with van der Waals surface area (Å²) in [7, 11) is 3.07. The normalized spacial score (nSPS) is 17.1. The predicted molar refractivity (Wildman–Crippen MR) is 118 cm³/mol. The lowest BCUT2D eigenvalue weighted by molar-refractivity contribution is 0.0167. The van der Waals surface area contributed by atoms with Crippen molar-refractivity contribution in [2.75, 3.05) is 52.3 Å². The number of nitrogens with one attached hydrogen (secondary N) is 2. The molecule has 0 unspecified atom stereocenters. The number of fused-ring (bicyclic) bond motifs is 1. The fourth-order valence-electron chi connectivity index (χ4n) is 3.98. The average Bonchev–Trinajstić information content (AvgIpc) is 3.04. The summed E-state index contributed by atoms with van der Waals surface area (Å²) < 4.78 is 10.7. The Hall–Kier alpha value is -3.43. The van der Waals surface area contributed by atoms with Crippen molar-refractivity contribution in [3.8, 4) is 5.75 Å². The van der Waals surface area contributed by atoms with E-state index in [0.717, 1.165) is 29.3 Å². The van der Waals surface area contributed by atoms with Crippen molar-refractivity contribution in [1.29, 1.82) is 0 Å². The van der Waals surface area contributed by atoms with Crippen LogP contribution in [0.1, 0.15) is 32.3 Å². The van der Waals surface area contributed by atoms with Crippen LogP contribution in [0.4, 0.5) is 10.5 Å². The number of rotatable bonds is 6.